The first-order valence-corrected chi connectivity index (χ1v) is 10.2. The van der Waals surface area contributed by atoms with E-state index in [1.54, 1.807) is 7.11 Å². The second kappa shape index (κ2) is 9.78. The number of thioether (sulfide) groups is 1. The first kappa shape index (κ1) is 21.3. The standard InChI is InChI=1S/C20H30N4O2S/c1-14(2)11-24(12-15(3)4)18(25)13-27-20-22-21-19(23(20)5)16-7-9-17(26-6)10-8-16/h7-10,14-15H,11-13H2,1-6H3. The lowest BCUT2D eigenvalue weighted by Crippen LogP contribution is -2.38. The second-order valence-electron chi connectivity index (χ2n) is 7.47. The smallest absolute Gasteiger partial charge is 0.233 e. The summed E-state index contributed by atoms with van der Waals surface area (Å²) in [6.45, 7) is 10.1. The highest BCUT2D eigenvalue weighted by Gasteiger charge is 2.18. The molecule has 0 spiro atoms. The monoisotopic (exact) mass is 390 g/mol. The number of ether oxygens (including phenoxy) is 1. The maximum absolute atomic E-state index is 12.7. The van der Waals surface area contributed by atoms with Gasteiger partial charge in [-0.15, -0.1) is 10.2 Å². The molecule has 0 radical (unpaired) electrons. The fourth-order valence-corrected chi connectivity index (χ4v) is 3.62. The molecule has 0 aliphatic rings. The summed E-state index contributed by atoms with van der Waals surface area (Å²) in [6.07, 6.45) is 0. The number of amides is 1. The van der Waals surface area contributed by atoms with Crippen molar-refractivity contribution in [2.45, 2.75) is 32.9 Å². The van der Waals surface area contributed by atoms with E-state index in [4.69, 9.17) is 4.74 Å². The van der Waals surface area contributed by atoms with Gasteiger partial charge in [0.2, 0.25) is 5.91 Å². The molecule has 2 aromatic rings. The van der Waals surface area contributed by atoms with Gasteiger partial charge in [0.1, 0.15) is 5.75 Å². The average molecular weight is 391 g/mol. The number of aromatic nitrogens is 3. The molecule has 27 heavy (non-hydrogen) atoms. The van der Waals surface area contributed by atoms with E-state index in [0.717, 1.165) is 35.4 Å². The Morgan fingerprint density at radius 3 is 2.22 bits per heavy atom. The number of benzene rings is 1. The molecule has 0 bridgehead atoms. The van der Waals surface area contributed by atoms with Crippen molar-refractivity contribution in [3.8, 4) is 17.1 Å². The quantitative estimate of drug-likeness (QED) is 0.611. The molecule has 0 aliphatic carbocycles. The lowest BCUT2D eigenvalue weighted by molar-refractivity contribution is -0.129. The van der Waals surface area contributed by atoms with Crippen LogP contribution in [-0.4, -0.2) is 51.5 Å². The van der Waals surface area contributed by atoms with E-state index in [0.29, 0.717) is 17.6 Å². The topological polar surface area (TPSA) is 60.3 Å². The Kier molecular flexibility index (Phi) is 7.71. The van der Waals surface area contributed by atoms with E-state index >= 15 is 0 Å². The highest BCUT2D eigenvalue weighted by molar-refractivity contribution is 7.99. The average Bonchev–Trinajstić information content (AvgIpc) is 2.99. The summed E-state index contributed by atoms with van der Waals surface area (Å²) < 4.78 is 7.12. The lowest BCUT2D eigenvalue weighted by Gasteiger charge is -2.26. The van der Waals surface area contributed by atoms with Gasteiger partial charge >= 0.3 is 0 Å². The maximum atomic E-state index is 12.7. The van der Waals surface area contributed by atoms with Gasteiger partial charge in [-0.2, -0.15) is 0 Å². The number of carbonyl (C=O) groups is 1. The molecular formula is C20H30N4O2S. The molecule has 6 nitrogen and oxygen atoms in total. The van der Waals surface area contributed by atoms with Crippen molar-refractivity contribution < 1.29 is 9.53 Å². The van der Waals surface area contributed by atoms with Crippen LogP contribution in [0, 0.1) is 11.8 Å². The van der Waals surface area contributed by atoms with Crippen LogP contribution >= 0.6 is 11.8 Å². The van der Waals surface area contributed by atoms with E-state index < -0.39 is 0 Å². The molecule has 148 valence electrons. The molecule has 7 heteroatoms. The van der Waals surface area contributed by atoms with Crippen LogP contribution in [0.25, 0.3) is 11.4 Å². The van der Waals surface area contributed by atoms with Crippen LogP contribution in [0.1, 0.15) is 27.7 Å². The summed E-state index contributed by atoms with van der Waals surface area (Å²) >= 11 is 1.43. The van der Waals surface area contributed by atoms with Crippen molar-refractivity contribution in [3.63, 3.8) is 0 Å². The van der Waals surface area contributed by atoms with Gasteiger partial charge in [0, 0.05) is 25.7 Å². The molecule has 0 saturated carbocycles. The number of hydrogen-bond donors (Lipinski definition) is 0. The molecule has 0 unspecified atom stereocenters. The lowest BCUT2D eigenvalue weighted by atomic mass is 10.1. The predicted octanol–water partition coefficient (Wildman–Crippen LogP) is 3.72. The summed E-state index contributed by atoms with van der Waals surface area (Å²) in [4.78, 5) is 14.6. The van der Waals surface area contributed by atoms with Crippen LogP contribution in [-0.2, 0) is 11.8 Å². The highest BCUT2D eigenvalue weighted by atomic mass is 32.2. The third kappa shape index (κ3) is 5.99. The van der Waals surface area contributed by atoms with Gasteiger partial charge in [-0.25, -0.2) is 0 Å². The largest absolute Gasteiger partial charge is 0.497 e. The van der Waals surface area contributed by atoms with Gasteiger partial charge in [0.15, 0.2) is 11.0 Å². The fourth-order valence-electron chi connectivity index (χ4n) is 2.81. The minimum atomic E-state index is 0.149. The first-order valence-electron chi connectivity index (χ1n) is 9.26. The number of nitrogens with zero attached hydrogens (tertiary/aromatic N) is 4. The van der Waals surface area contributed by atoms with Crippen LogP contribution < -0.4 is 4.74 Å². The molecular weight excluding hydrogens is 360 g/mol. The van der Waals surface area contributed by atoms with Gasteiger partial charge in [-0.05, 0) is 36.1 Å². The van der Waals surface area contributed by atoms with Gasteiger partial charge in [-0.1, -0.05) is 39.5 Å². The maximum Gasteiger partial charge on any atom is 0.233 e. The van der Waals surface area contributed by atoms with Crippen LogP contribution in [0.4, 0.5) is 0 Å². The van der Waals surface area contributed by atoms with E-state index in [-0.39, 0.29) is 5.91 Å². The van der Waals surface area contributed by atoms with Crippen LogP contribution in [0.2, 0.25) is 0 Å². The summed E-state index contributed by atoms with van der Waals surface area (Å²) in [5.74, 6) is 3.00. The molecule has 1 aromatic heterocycles. The van der Waals surface area contributed by atoms with E-state index in [2.05, 4.69) is 37.9 Å². The van der Waals surface area contributed by atoms with E-state index in [1.807, 2.05) is 40.8 Å². The minimum absolute atomic E-state index is 0.149. The SMILES string of the molecule is COc1ccc(-c2nnc(SCC(=O)N(CC(C)C)CC(C)C)n2C)cc1. The van der Waals surface area contributed by atoms with Gasteiger partial charge in [0.05, 0.1) is 12.9 Å². The van der Waals surface area contributed by atoms with Crippen molar-refractivity contribution in [2.24, 2.45) is 18.9 Å². The second-order valence-corrected chi connectivity index (χ2v) is 8.41. The Bertz CT molecular complexity index is 731. The molecule has 1 aromatic carbocycles. The predicted molar refractivity (Wildman–Crippen MR) is 110 cm³/mol. The molecule has 0 N–H and O–H groups in total. The van der Waals surface area contributed by atoms with Crippen molar-refractivity contribution >= 4 is 17.7 Å². The minimum Gasteiger partial charge on any atom is -0.497 e. The van der Waals surface area contributed by atoms with Crippen molar-refractivity contribution in [3.05, 3.63) is 24.3 Å². The fraction of sp³-hybridized carbons (Fsp3) is 0.550. The Balaban J connectivity index is 2.04. The number of rotatable bonds is 9. The molecule has 0 atom stereocenters. The van der Waals surface area contributed by atoms with Gasteiger partial charge in [0.25, 0.3) is 0 Å². The van der Waals surface area contributed by atoms with Crippen LogP contribution in [0.5, 0.6) is 5.75 Å². The number of hydrogen-bond acceptors (Lipinski definition) is 5. The molecule has 2 rings (SSSR count). The van der Waals surface area contributed by atoms with E-state index in [1.165, 1.54) is 11.8 Å². The highest BCUT2D eigenvalue weighted by Crippen LogP contribution is 2.24. The summed E-state index contributed by atoms with van der Waals surface area (Å²) in [5, 5.41) is 9.29. The molecule has 0 saturated heterocycles. The number of methoxy groups -OCH3 is 1. The van der Waals surface area contributed by atoms with Crippen molar-refractivity contribution in [2.75, 3.05) is 26.0 Å². The van der Waals surface area contributed by atoms with Crippen LogP contribution in [0.15, 0.2) is 29.4 Å². The van der Waals surface area contributed by atoms with Crippen molar-refractivity contribution in [1.29, 1.82) is 0 Å². The Morgan fingerprint density at radius 2 is 1.70 bits per heavy atom. The first-order chi connectivity index (χ1) is 12.8. The third-order valence-corrected chi connectivity index (χ3v) is 5.04. The molecule has 0 aliphatic heterocycles. The summed E-state index contributed by atoms with van der Waals surface area (Å²) in [7, 11) is 3.57. The number of carbonyl (C=O) groups excluding carboxylic acids is 1. The van der Waals surface area contributed by atoms with Crippen LogP contribution in [0.3, 0.4) is 0 Å². The Labute approximate surface area is 166 Å². The molecule has 1 heterocycles. The van der Waals surface area contributed by atoms with Gasteiger partial charge < -0.3 is 14.2 Å². The Morgan fingerprint density at radius 1 is 1.11 bits per heavy atom. The summed E-state index contributed by atoms with van der Waals surface area (Å²) in [5.41, 5.74) is 0.963. The third-order valence-electron chi connectivity index (χ3n) is 4.03. The van der Waals surface area contributed by atoms with E-state index in [9.17, 15) is 4.79 Å². The Hall–Kier alpha value is -2.02. The summed E-state index contributed by atoms with van der Waals surface area (Å²) in [6, 6.07) is 7.71. The zero-order valence-corrected chi connectivity index (χ0v) is 17.9. The van der Waals surface area contributed by atoms with Crippen molar-refractivity contribution in [1.82, 2.24) is 19.7 Å². The molecule has 1 amide bonds. The zero-order valence-electron chi connectivity index (χ0n) is 17.1. The molecule has 0 fully saturated rings. The van der Waals surface area contributed by atoms with Gasteiger partial charge in [-0.3, -0.25) is 4.79 Å². The normalized spacial score (nSPS) is 11.3. The zero-order chi connectivity index (χ0) is 20.0.